The zero-order valence-electron chi connectivity index (χ0n) is 19.2. The fourth-order valence-electron chi connectivity index (χ4n) is 3.95. The van der Waals surface area contributed by atoms with Gasteiger partial charge in [0.25, 0.3) is 0 Å². The van der Waals surface area contributed by atoms with E-state index in [1.165, 1.54) is 26.5 Å². The van der Waals surface area contributed by atoms with Crippen LogP contribution in [-0.2, 0) is 4.74 Å². The van der Waals surface area contributed by atoms with Crippen molar-refractivity contribution in [2.75, 3.05) is 27.9 Å². The number of aliphatic hydroxyl groups is 4. The van der Waals surface area contributed by atoms with Crippen molar-refractivity contribution < 1.29 is 48.5 Å². The Kier molecular flexibility index (Phi) is 7.15. The summed E-state index contributed by atoms with van der Waals surface area (Å²) in [5, 5.41) is 39.9. The minimum Gasteiger partial charge on any atom is -0.497 e. The van der Waals surface area contributed by atoms with Crippen LogP contribution in [0.1, 0.15) is 0 Å². The number of methoxy groups -OCH3 is 3. The summed E-state index contributed by atoms with van der Waals surface area (Å²) in [7, 11) is 4.22. The first-order valence-electron chi connectivity index (χ1n) is 10.7. The number of rotatable bonds is 7. The molecule has 1 aliphatic heterocycles. The molecule has 1 aliphatic rings. The highest BCUT2D eigenvalue weighted by Crippen LogP contribution is 2.44. The summed E-state index contributed by atoms with van der Waals surface area (Å²) in [4.78, 5) is 13.4. The zero-order chi connectivity index (χ0) is 25.3. The van der Waals surface area contributed by atoms with E-state index in [-0.39, 0.29) is 39.2 Å². The molecule has 2 unspecified atom stereocenters. The van der Waals surface area contributed by atoms with Gasteiger partial charge in [0, 0.05) is 6.07 Å². The van der Waals surface area contributed by atoms with E-state index < -0.39 is 37.3 Å². The molecule has 1 fully saturated rings. The molecule has 0 aliphatic carbocycles. The van der Waals surface area contributed by atoms with Crippen molar-refractivity contribution >= 4 is 11.0 Å². The van der Waals surface area contributed by atoms with Gasteiger partial charge >= 0.3 is 0 Å². The van der Waals surface area contributed by atoms with Crippen LogP contribution in [0, 0.1) is 0 Å². The number of aliphatic hydroxyl groups excluding tert-OH is 4. The van der Waals surface area contributed by atoms with Gasteiger partial charge in [0.15, 0.2) is 11.5 Å². The van der Waals surface area contributed by atoms with E-state index in [4.69, 9.17) is 28.1 Å². The van der Waals surface area contributed by atoms with E-state index in [1.54, 1.807) is 31.4 Å². The second-order valence-electron chi connectivity index (χ2n) is 7.84. The van der Waals surface area contributed by atoms with Crippen LogP contribution in [0.25, 0.3) is 22.1 Å². The van der Waals surface area contributed by atoms with Gasteiger partial charge in [-0.3, -0.25) is 4.79 Å². The van der Waals surface area contributed by atoms with Gasteiger partial charge in [0.1, 0.15) is 47.4 Å². The number of hydrogen-bond acceptors (Lipinski definition) is 11. The molecule has 2 aromatic carbocycles. The van der Waals surface area contributed by atoms with Crippen molar-refractivity contribution in [1.82, 2.24) is 0 Å². The first-order chi connectivity index (χ1) is 16.8. The molecule has 1 saturated heterocycles. The monoisotopic (exact) mass is 490 g/mol. The Morgan fingerprint density at radius 3 is 2.20 bits per heavy atom. The summed E-state index contributed by atoms with van der Waals surface area (Å²) in [6.45, 7) is -0.619. The first kappa shape index (κ1) is 24.8. The largest absolute Gasteiger partial charge is 0.497 e. The quantitative estimate of drug-likeness (QED) is 0.369. The summed E-state index contributed by atoms with van der Waals surface area (Å²) in [6, 6.07) is 8.23. The molecule has 0 spiro atoms. The number of ether oxygens (including phenoxy) is 5. The highest BCUT2D eigenvalue weighted by molar-refractivity contribution is 5.91. The summed E-state index contributed by atoms with van der Waals surface area (Å²) in [5.41, 5.74) is 0.600. The standard InChI is InChI=1S/C24H26O11/c1-30-12-6-4-11(5-7-12)13-10-33-14-8-15(22(31-2)23(32-3)17(14)18(13)26)34-24-21(29)20(28)19(27)16(9-25)35-24/h4-8,10,16,19-21,24-25,27-29H,9H2,1-3H3/t16?,19-,20+,21?,24-/m1/s1. The number of fused-ring (bicyclic) bond motifs is 1. The zero-order valence-corrected chi connectivity index (χ0v) is 19.2. The molecule has 0 radical (unpaired) electrons. The maximum Gasteiger partial charge on any atom is 0.229 e. The molecule has 4 N–H and O–H groups in total. The Bertz CT molecular complexity index is 1230. The first-order valence-corrected chi connectivity index (χ1v) is 10.7. The molecule has 3 aromatic rings. The smallest absolute Gasteiger partial charge is 0.229 e. The average molecular weight is 490 g/mol. The topological polar surface area (TPSA) is 157 Å². The highest BCUT2D eigenvalue weighted by atomic mass is 16.7. The molecule has 11 heteroatoms. The van der Waals surface area contributed by atoms with Crippen LogP contribution >= 0.6 is 0 Å². The summed E-state index contributed by atoms with van der Waals surface area (Å²) in [5.74, 6) is 0.638. The van der Waals surface area contributed by atoms with Crippen molar-refractivity contribution in [3.8, 4) is 34.1 Å². The molecule has 1 aromatic heterocycles. The minimum absolute atomic E-state index is 0.0103. The van der Waals surface area contributed by atoms with Gasteiger partial charge in [-0.15, -0.1) is 0 Å². The summed E-state index contributed by atoms with van der Waals surface area (Å²) >= 11 is 0. The van der Waals surface area contributed by atoms with E-state index in [2.05, 4.69) is 0 Å². The highest BCUT2D eigenvalue weighted by Gasteiger charge is 2.45. The molecule has 4 rings (SSSR count). The van der Waals surface area contributed by atoms with Crippen LogP contribution in [0.5, 0.6) is 23.0 Å². The Labute approximate surface area is 199 Å². The SMILES string of the molecule is COc1ccc(-c2coc3cc(O[C@@H]4OC(CO)[C@@H](O)[C@H](O)C4O)c(OC)c(OC)c3c2=O)cc1. The lowest BCUT2D eigenvalue weighted by Gasteiger charge is -2.39. The van der Waals surface area contributed by atoms with Gasteiger partial charge in [-0.25, -0.2) is 0 Å². The van der Waals surface area contributed by atoms with Crippen LogP contribution in [0.2, 0.25) is 0 Å². The number of hydrogen-bond donors (Lipinski definition) is 4. The third-order valence-electron chi connectivity index (χ3n) is 5.84. The van der Waals surface area contributed by atoms with Gasteiger partial charge < -0.3 is 48.5 Å². The third-order valence-corrected chi connectivity index (χ3v) is 5.84. The lowest BCUT2D eigenvalue weighted by atomic mass is 9.99. The van der Waals surface area contributed by atoms with E-state index in [0.29, 0.717) is 11.3 Å². The van der Waals surface area contributed by atoms with Crippen LogP contribution in [0.15, 0.2) is 45.8 Å². The maximum absolute atomic E-state index is 13.4. The normalized spacial score (nSPS) is 24.3. The van der Waals surface area contributed by atoms with Crippen LogP contribution in [-0.4, -0.2) is 79.1 Å². The maximum atomic E-state index is 13.4. The Balaban J connectivity index is 1.79. The molecule has 11 nitrogen and oxygen atoms in total. The lowest BCUT2D eigenvalue weighted by molar-refractivity contribution is -0.277. The lowest BCUT2D eigenvalue weighted by Crippen LogP contribution is -2.60. The second kappa shape index (κ2) is 10.1. The predicted octanol–water partition coefficient (Wildman–Crippen LogP) is 0.664. The molecule has 2 heterocycles. The Hall–Kier alpha value is -3.35. The van der Waals surface area contributed by atoms with Crippen molar-refractivity contribution in [1.29, 1.82) is 0 Å². The summed E-state index contributed by atoms with van der Waals surface area (Å²) < 4.78 is 33.0. The molecule has 0 amide bonds. The second-order valence-corrected chi connectivity index (χ2v) is 7.84. The minimum atomic E-state index is -1.65. The van der Waals surface area contributed by atoms with Gasteiger partial charge in [0.05, 0.1) is 33.5 Å². The Morgan fingerprint density at radius 1 is 0.914 bits per heavy atom. The molecule has 5 atom stereocenters. The number of benzene rings is 2. The summed E-state index contributed by atoms with van der Waals surface area (Å²) in [6.07, 6.45) is -6.18. The molecular formula is C24H26O11. The van der Waals surface area contributed by atoms with Gasteiger partial charge in [-0.1, -0.05) is 12.1 Å². The molecular weight excluding hydrogens is 464 g/mol. The predicted molar refractivity (Wildman–Crippen MR) is 122 cm³/mol. The van der Waals surface area contributed by atoms with Crippen LogP contribution < -0.4 is 24.4 Å². The van der Waals surface area contributed by atoms with E-state index in [0.717, 1.165) is 0 Å². The van der Waals surface area contributed by atoms with Crippen molar-refractivity contribution in [2.45, 2.75) is 30.7 Å². The van der Waals surface area contributed by atoms with Gasteiger partial charge in [-0.2, -0.15) is 0 Å². The van der Waals surface area contributed by atoms with Crippen LogP contribution in [0.3, 0.4) is 0 Å². The van der Waals surface area contributed by atoms with Crippen LogP contribution in [0.4, 0.5) is 0 Å². The van der Waals surface area contributed by atoms with Gasteiger partial charge in [0.2, 0.25) is 17.5 Å². The fourth-order valence-corrected chi connectivity index (χ4v) is 3.95. The fraction of sp³-hybridized carbons (Fsp3) is 0.375. The molecule has 0 bridgehead atoms. The van der Waals surface area contributed by atoms with Crippen molar-refractivity contribution in [3.63, 3.8) is 0 Å². The third kappa shape index (κ3) is 4.40. The van der Waals surface area contributed by atoms with Gasteiger partial charge in [-0.05, 0) is 17.7 Å². The van der Waals surface area contributed by atoms with E-state index in [1.807, 2.05) is 0 Å². The molecule has 188 valence electrons. The molecule has 0 saturated carbocycles. The average Bonchev–Trinajstić information content (AvgIpc) is 2.88. The van der Waals surface area contributed by atoms with Crippen molar-refractivity contribution in [3.05, 3.63) is 46.8 Å². The van der Waals surface area contributed by atoms with E-state index in [9.17, 15) is 25.2 Å². The van der Waals surface area contributed by atoms with Crippen molar-refractivity contribution in [2.24, 2.45) is 0 Å². The Morgan fingerprint density at radius 2 is 1.60 bits per heavy atom. The molecule has 35 heavy (non-hydrogen) atoms. The van der Waals surface area contributed by atoms with E-state index >= 15 is 0 Å².